The fraction of sp³-hybridized carbons (Fsp3) is 0.0588. The van der Waals surface area contributed by atoms with Gasteiger partial charge in [-0.15, -0.1) is 0 Å². The van der Waals surface area contributed by atoms with E-state index in [-0.39, 0.29) is 17.5 Å². The van der Waals surface area contributed by atoms with Crippen molar-refractivity contribution < 1.29 is 14.0 Å². The van der Waals surface area contributed by atoms with Crippen molar-refractivity contribution in [3.8, 4) is 0 Å². The summed E-state index contributed by atoms with van der Waals surface area (Å²) in [6.45, 7) is 1.44. The predicted molar refractivity (Wildman–Crippen MR) is 80.5 cm³/mol. The van der Waals surface area contributed by atoms with Gasteiger partial charge in [0.15, 0.2) is 5.78 Å². The first-order valence-electron chi connectivity index (χ1n) is 6.41. The number of benzene rings is 2. The van der Waals surface area contributed by atoms with Crippen LogP contribution in [0.4, 0.5) is 10.1 Å². The van der Waals surface area contributed by atoms with Crippen LogP contribution in [0.1, 0.15) is 22.8 Å². The molecule has 2 aromatic carbocycles. The van der Waals surface area contributed by atoms with Crippen molar-refractivity contribution in [3.63, 3.8) is 0 Å². The van der Waals surface area contributed by atoms with E-state index in [0.717, 1.165) is 0 Å². The molecule has 0 saturated carbocycles. The molecular weight excluding hydrogens is 269 g/mol. The van der Waals surface area contributed by atoms with Gasteiger partial charge in [0.1, 0.15) is 5.82 Å². The molecule has 4 heteroatoms. The summed E-state index contributed by atoms with van der Waals surface area (Å²) < 4.78 is 13.0. The van der Waals surface area contributed by atoms with Gasteiger partial charge in [-0.2, -0.15) is 0 Å². The van der Waals surface area contributed by atoms with E-state index in [1.54, 1.807) is 36.4 Å². The standard InChI is InChI=1S/C17H14FNO2/c1-12(20)15-7-2-3-8-16(15)19-17(21)10-9-13-5-4-6-14(18)11-13/h2-11H,1H3,(H,19,21)/b10-9+. The highest BCUT2D eigenvalue weighted by Crippen LogP contribution is 2.15. The second kappa shape index (κ2) is 6.61. The summed E-state index contributed by atoms with van der Waals surface area (Å²) in [4.78, 5) is 23.3. The van der Waals surface area contributed by atoms with E-state index >= 15 is 0 Å². The second-order valence-corrected chi connectivity index (χ2v) is 4.48. The Kier molecular flexibility index (Phi) is 4.61. The van der Waals surface area contributed by atoms with Crippen LogP contribution in [-0.2, 0) is 4.79 Å². The fourth-order valence-electron chi connectivity index (χ4n) is 1.86. The maximum Gasteiger partial charge on any atom is 0.248 e. The van der Waals surface area contributed by atoms with Crippen LogP contribution in [0.2, 0.25) is 0 Å². The molecule has 0 unspecified atom stereocenters. The number of hydrogen-bond acceptors (Lipinski definition) is 2. The first kappa shape index (κ1) is 14.7. The number of carbonyl (C=O) groups excluding carboxylic acids is 2. The molecule has 2 aromatic rings. The zero-order valence-electron chi connectivity index (χ0n) is 11.5. The molecule has 0 aliphatic heterocycles. The summed E-state index contributed by atoms with van der Waals surface area (Å²) in [7, 11) is 0. The van der Waals surface area contributed by atoms with Crippen molar-refractivity contribution in [1.29, 1.82) is 0 Å². The van der Waals surface area contributed by atoms with E-state index in [0.29, 0.717) is 16.8 Å². The van der Waals surface area contributed by atoms with Crippen molar-refractivity contribution in [2.75, 3.05) is 5.32 Å². The molecule has 0 heterocycles. The molecule has 3 nitrogen and oxygen atoms in total. The Labute approximate surface area is 122 Å². The van der Waals surface area contributed by atoms with Gasteiger partial charge in [-0.05, 0) is 42.8 Å². The Morgan fingerprint density at radius 1 is 1.10 bits per heavy atom. The zero-order valence-corrected chi connectivity index (χ0v) is 11.5. The van der Waals surface area contributed by atoms with Crippen molar-refractivity contribution in [3.05, 3.63) is 71.6 Å². The molecule has 0 aliphatic rings. The molecule has 0 aromatic heterocycles. The van der Waals surface area contributed by atoms with E-state index < -0.39 is 0 Å². The average molecular weight is 283 g/mol. The molecule has 0 atom stereocenters. The number of nitrogens with one attached hydrogen (secondary N) is 1. The van der Waals surface area contributed by atoms with Crippen molar-refractivity contribution in [2.24, 2.45) is 0 Å². The monoisotopic (exact) mass is 283 g/mol. The summed E-state index contributed by atoms with van der Waals surface area (Å²) in [5.41, 5.74) is 1.49. The van der Waals surface area contributed by atoms with Gasteiger partial charge in [0, 0.05) is 11.6 Å². The third-order valence-corrected chi connectivity index (χ3v) is 2.84. The van der Waals surface area contributed by atoms with Gasteiger partial charge in [0.2, 0.25) is 5.91 Å². The lowest BCUT2D eigenvalue weighted by Crippen LogP contribution is -2.11. The number of anilines is 1. The number of ketones is 1. The Balaban J connectivity index is 2.10. The van der Waals surface area contributed by atoms with E-state index in [1.165, 1.54) is 31.2 Å². The molecule has 0 bridgehead atoms. The minimum absolute atomic E-state index is 0.125. The average Bonchev–Trinajstić information content (AvgIpc) is 2.45. The summed E-state index contributed by atoms with van der Waals surface area (Å²) in [5.74, 6) is -0.868. The van der Waals surface area contributed by atoms with E-state index in [4.69, 9.17) is 0 Å². The lowest BCUT2D eigenvalue weighted by Gasteiger charge is -2.06. The first-order valence-corrected chi connectivity index (χ1v) is 6.41. The fourth-order valence-corrected chi connectivity index (χ4v) is 1.86. The van der Waals surface area contributed by atoms with Crippen molar-refractivity contribution >= 4 is 23.5 Å². The van der Waals surface area contributed by atoms with Crippen molar-refractivity contribution in [1.82, 2.24) is 0 Å². The Bertz CT molecular complexity index is 707. The van der Waals surface area contributed by atoms with Gasteiger partial charge in [0.25, 0.3) is 0 Å². The van der Waals surface area contributed by atoms with Crippen LogP contribution in [0.15, 0.2) is 54.6 Å². The molecule has 0 radical (unpaired) electrons. The van der Waals surface area contributed by atoms with Crippen LogP contribution in [0.5, 0.6) is 0 Å². The lowest BCUT2D eigenvalue weighted by atomic mass is 10.1. The van der Waals surface area contributed by atoms with E-state index in [2.05, 4.69) is 5.32 Å². The Morgan fingerprint density at radius 2 is 1.86 bits per heavy atom. The maximum atomic E-state index is 13.0. The highest BCUT2D eigenvalue weighted by atomic mass is 19.1. The van der Waals surface area contributed by atoms with Crippen LogP contribution in [0.25, 0.3) is 6.08 Å². The molecule has 1 amide bonds. The molecule has 0 fully saturated rings. The highest BCUT2D eigenvalue weighted by Gasteiger charge is 2.07. The van der Waals surface area contributed by atoms with Gasteiger partial charge in [-0.3, -0.25) is 9.59 Å². The Hall–Kier alpha value is -2.75. The number of Topliss-reactive ketones (excluding diaryl/α,β-unsaturated/α-hetero) is 1. The summed E-state index contributed by atoms with van der Waals surface area (Å²) in [6.07, 6.45) is 2.81. The third kappa shape index (κ3) is 4.11. The van der Waals surface area contributed by atoms with E-state index in [1.807, 2.05) is 0 Å². The van der Waals surface area contributed by atoms with Gasteiger partial charge < -0.3 is 5.32 Å². The molecule has 106 valence electrons. The number of halogens is 1. The normalized spacial score (nSPS) is 10.6. The lowest BCUT2D eigenvalue weighted by molar-refractivity contribution is -0.111. The number of para-hydroxylation sites is 1. The van der Waals surface area contributed by atoms with Crippen LogP contribution in [0.3, 0.4) is 0 Å². The highest BCUT2D eigenvalue weighted by molar-refractivity contribution is 6.07. The van der Waals surface area contributed by atoms with Gasteiger partial charge in [-0.25, -0.2) is 4.39 Å². The van der Waals surface area contributed by atoms with Gasteiger partial charge in [0.05, 0.1) is 5.69 Å². The number of carbonyl (C=O) groups is 2. The summed E-state index contributed by atoms with van der Waals surface area (Å²) >= 11 is 0. The minimum atomic E-state index is -0.382. The molecule has 0 saturated heterocycles. The number of rotatable bonds is 4. The maximum absolute atomic E-state index is 13.0. The second-order valence-electron chi connectivity index (χ2n) is 4.48. The molecular formula is C17H14FNO2. The topological polar surface area (TPSA) is 46.2 Å². The third-order valence-electron chi connectivity index (χ3n) is 2.84. The van der Waals surface area contributed by atoms with Crippen LogP contribution >= 0.6 is 0 Å². The molecule has 0 spiro atoms. The SMILES string of the molecule is CC(=O)c1ccccc1NC(=O)/C=C/c1cccc(F)c1. The largest absolute Gasteiger partial charge is 0.322 e. The molecule has 2 rings (SSSR count). The van der Waals surface area contributed by atoms with E-state index in [9.17, 15) is 14.0 Å². The predicted octanol–water partition coefficient (Wildman–Crippen LogP) is 3.68. The van der Waals surface area contributed by atoms with Gasteiger partial charge in [-0.1, -0.05) is 24.3 Å². The van der Waals surface area contributed by atoms with Crippen LogP contribution in [0, 0.1) is 5.82 Å². The van der Waals surface area contributed by atoms with Crippen molar-refractivity contribution in [2.45, 2.75) is 6.92 Å². The zero-order chi connectivity index (χ0) is 15.2. The summed E-state index contributed by atoms with van der Waals surface area (Å²) in [5, 5.41) is 2.64. The van der Waals surface area contributed by atoms with Crippen LogP contribution in [-0.4, -0.2) is 11.7 Å². The smallest absolute Gasteiger partial charge is 0.248 e. The molecule has 21 heavy (non-hydrogen) atoms. The molecule has 1 N–H and O–H groups in total. The quantitative estimate of drug-likeness (QED) is 0.687. The Morgan fingerprint density at radius 3 is 2.57 bits per heavy atom. The minimum Gasteiger partial charge on any atom is -0.322 e. The van der Waals surface area contributed by atoms with Gasteiger partial charge >= 0.3 is 0 Å². The number of hydrogen-bond donors (Lipinski definition) is 1. The molecule has 0 aliphatic carbocycles. The summed E-state index contributed by atoms with van der Waals surface area (Å²) in [6, 6.07) is 12.7. The van der Waals surface area contributed by atoms with Crippen LogP contribution < -0.4 is 5.32 Å². The first-order chi connectivity index (χ1) is 10.1. The number of amides is 1.